The van der Waals surface area contributed by atoms with Crippen LogP contribution in [0.2, 0.25) is 0 Å². The summed E-state index contributed by atoms with van der Waals surface area (Å²) in [7, 11) is -3.33. The van der Waals surface area contributed by atoms with Gasteiger partial charge in [-0.15, -0.1) is 0 Å². The molecule has 0 aliphatic carbocycles. The molecule has 2 saturated heterocycles. The Balaban J connectivity index is 1.68. The summed E-state index contributed by atoms with van der Waals surface area (Å²) in [6.45, 7) is 1.63. The molecule has 4 rings (SSSR count). The highest BCUT2D eigenvalue weighted by atomic mass is 32.2. The van der Waals surface area contributed by atoms with Crippen molar-refractivity contribution in [3.63, 3.8) is 0 Å². The van der Waals surface area contributed by atoms with E-state index >= 15 is 0 Å². The largest absolute Gasteiger partial charge is 0.360 e. The second-order valence-electron chi connectivity index (χ2n) is 6.25. The molecule has 1 aromatic carbocycles. The van der Waals surface area contributed by atoms with Crippen LogP contribution in [0, 0.1) is 0 Å². The average molecular weight is 304 g/mol. The summed E-state index contributed by atoms with van der Waals surface area (Å²) in [5, 5.41) is 4.15. The van der Waals surface area contributed by atoms with Crippen molar-refractivity contribution in [2.75, 3.05) is 13.1 Å². The quantitative estimate of drug-likeness (QED) is 0.862. The number of hydrogen-bond acceptors (Lipinski definition) is 4. The molecular formula is C16H20N2O2S. The normalized spacial score (nSPS) is 30.5. The van der Waals surface area contributed by atoms with Crippen molar-refractivity contribution < 1.29 is 8.42 Å². The molecule has 0 spiro atoms. The fraction of sp³-hybridized carbons (Fsp3) is 0.500. The number of hydrogen-bond donors (Lipinski definition) is 1. The summed E-state index contributed by atoms with van der Waals surface area (Å²) in [6, 6.07) is 8.26. The summed E-state index contributed by atoms with van der Waals surface area (Å²) < 4.78 is 25.5. The van der Waals surface area contributed by atoms with E-state index in [0.717, 1.165) is 31.5 Å². The van der Waals surface area contributed by atoms with E-state index in [1.54, 1.807) is 12.1 Å². The van der Waals surface area contributed by atoms with Crippen molar-refractivity contribution >= 4 is 15.9 Å². The Bertz CT molecular complexity index is 696. The molecule has 4 nitrogen and oxygen atoms in total. The van der Waals surface area contributed by atoms with Crippen LogP contribution in [0.3, 0.4) is 0 Å². The van der Waals surface area contributed by atoms with Gasteiger partial charge < -0.3 is 10.2 Å². The first-order chi connectivity index (χ1) is 10.1. The first kappa shape index (κ1) is 13.3. The van der Waals surface area contributed by atoms with E-state index in [-0.39, 0.29) is 0 Å². The molecule has 2 bridgehead atoms. The van der Waals surface area contributed by atoms with Gasteiger partial charge in [0.05, 0.1) is 4.90 Å². The third-order valence-electron chi connectivity index (χ3n) is 4.84. The number of rotatable bonds is 1. The van der Waals surface area contributed by atoms with Crippen LogP contribution < -0.4 is 5.32 Å². The lowest BCUT2D eigenvalue weighted by Crippen LogP contribution is -2.44. The molecule has 2 atom stereocenters. The molecule has 1 N–H and O–H groups in total. The zero-order valence-corrected chi connectivity index (χ0v) is 12.8. The van der Waals surface area contributed by atoms with Gasteiger partial charge in [0.25, 0.3) is 0 Å². The van der Waals surface area contributed by atoms with E-state index < -0.39 is 9.84 Å². The highest BCUT2D eigenvalue weighted by molar-refractivity contribution is 7.95. The van der Waals surface area contributed by atoms with Crippen molar-refractivity contribution in [2.45, 2.75) is 42.7 Å². The SMILES string of the molecule is O=S1(=O)C(N2CCC3CCCC(C2)N3)=Cc2ccccc21. The van der Waals surface area contributed by atoms with Crippen LogP contribution in [-0.2, 0) is 9.84 Å². The Morgan fingerprint density at radius 1 is 1.10 bits per heavy atom. The summed E-state index contributed by atoms with van der Waals surface area (Å²) >= 11 is 0. The highest BCUT2D eigenvalue weighted by Crippen LogP contribution is 2.35. The van der Waals surface area contributed by atoms with E-state index in [9.17, 15) is 8.42 Å². The fourth-order valence-electron chi connectivity index (χ4n) is 3.78. The first-order valence-corrected chi connectivity index (χ1v) is 9.20. The Morgan fingerprint density at radius 2 is 1.90 bits per heavy atom. The molecule has 2 fully saturated rings. The molecule has 0 saturated carbocycles. The Labute approximate surface area is 125 Å². The summed E-state index contributed by atoms with van der Waals surface area (Å²) in [6.07, 6.45) is 6.49. The number of nitrogens with one attached hydrogen (secondary N) is 1. The molecule has 112 valence electrons. The molecule has 0 aromatic heterocycles. The standard InChI is InChI=1S/C16H20N2O2S/c19-21(20)15-7-2-1-4-12(15)10-16(21)18-9-8-13-5-3-6-14(11-18)17-13/h1-2,4,7,10,13-14,17H,3,5-6,8-9,11H2. The lowest BCUT2D eigenvalue weighted by Gasteiger charge is -2.29. The molecule has 2 unspecified atom stereocenters. The van der Waals surface area contributed by atoms with Crippen molar-refractivity contribution in [1.29, 1.82) is 0 Å². The lowest BCUT2D eigenvalue weighted by atomic mass is 9.98. The van der Waals surface area contributed by atoms with Gasteiger partial charge in [-0.25, -0.2) is 8.42 Å². The van der Waals surface area contributed by atoms with Crippen LogP contribution in [0.15, 0.2) is 34.2 Å². The monoisotopic (exact) mass is 304 g/mol. The molecule has 3 heterocycles. The molecular weight excluding hydrogens is 284 g/mol. The zero-order valence-electron chi connectivity index (χ0n) is 12.0. The Hall–Kier alpha value is -1.33. The summed E-state index contributed by atoms with van der Waals surface area (Å²) in [5.74, 6) is 0. The van der Waals surface area contributed by atoms with Crippen LogP contribution in [0.1, 0.15) is 31.2 Å². The van der Waals surface area contributed by atoms with E-state index in [4.69, 9.17) is 0 Å². The van der Waals surface area contributed by atoms with Crippen molar-refractivity contribution in [2.24, 2.45) is 0 Å². The van der Waals surface area contributed by atoms with Gasteiger partial charge in [-0.2, -0.15) is 0 Å². The van der Waals surface area contributed by atoms with Gasteiger partial charge >= 0.3 is 0 Å². The molecule has 0 radical (unpaired) electrons. The van der Waals surface area contributed by atoms with Gasteiger partial charge in [0, 0.05) is 25.2 Å². The lowest BCUT2D eigenvalue weighted by molar-refractivity contribution is 0.309. The second-order valence-corrected chi connectivity index (χ2v) is 8.11. The first-order valence-electron chi connectivity index (χ1n) is 7.71. The van der Waals surface area contributed by atoms with Crippen LogP contribution in [0.4, 0.5) is 0 Å². The summed E-state index contributed by atoms with van der Waals surface area (Å²) in [4.78, 5) is 2.54. The Morgan fingerprint density at radius 3 is 2.76 bits per heavy atom. The minimum atomic E-state index is -3.33. The van der Waals surface area contributed by atoms with E-state index in [1.807, 2.05) is 18.2 Å². The molecule has 21 heavy (non-hydrogen) atoms. The third-order valence-corrected chi connectivity index (χ3v) is 6.72. The predicted molar refractivity (Wildman–Crippen MR) is 82.4 cm³/mol. The minimum absolute atomic E-state index is 0.422. The van der Waals surface area contributed by atoms with E-state index in [0.29, 0.717) is 22.0 Å². The Kier molecular flexibility index (Phi) is 3.08. The van der Waals surface area contributed by atoms with Crippen LogP contribution in [0.25, 0.3) is 6.08 Å². The molecule has 1 aromatic rings. The number of nitrogens with zero attached hydrogens (tertiary/aromatic N) is 1. The predicted octanol–water partition coefficient (Wildman–Crippen LogP) is 1.99. The maximum Gasteiger partial charge on any atom is 0.222 e. The van der Waals surface area contributed by atoms with E-state index in [1.165, 1.54) is 12.8 Å². The number of fused-ring (bicyclic) bond motifs is 3. The molecule has 5 heteroatoms. The third kappa shape index (κ3) is 2.19. The van der Waals surface area contributed by atoms with Crippen molar-refractivity contribution in [3.8, 4) is 0 Å². The maximum atomic E-state index is 12.8. The molecule has 3 aliphatic heterocycles. The zero-order chi connectivity index (χ0) is 14.4. The van der Waals surface area contributed by atoms with Crippen LogP contribution in [0.5, 0.6) is 0 Å². The fourth-order valence-corrected chi connectivity index (χ4v) is 5.49. The number of piperidine rings is 1. The second kappa shape index (κ2) is 4.85. The van der Waals surface area contributed by atoms with Gasteiger partial charge in [0.15, 0.2) is 0 Å². The number of benzene rings is 1. The molecule has 0 amide bonds. The van der Waals surface area contributed by atoms with Gasteiger partial charge in [-0.3, -0.25) is 0 Å². The number of sulfone groups is 1. The van der Waals surface area contributed by atoms with E-state index in [2.05, 4.69) is 10.2 Å². The molecule has 3 aliphatic rings. The van der Waals surface area contributed by atoms with Crippen molar-refractivity contribution in [3.05, 3.63) is 34.9 Å². The minimum Gasteiger partial charge on any atom is -0.360 e. The average Bonchev–Trinajstić information content (AvgIpc) is 2.66. The highest BCUT2D eigenvalue weighted by Gasteiger charge is 2.36. The van der Waals surface area contributed by atoms with Crippen molar-refractivity contribution in [1.82, 2.24) is 10.2 Å². The topological polar surface area (TPSA) is 49.4 Å². The summed E-state index contributed by atoms with van der Waals surface area (Å²) in [5.41, 5.74) is 0.827. The van der Waals surface area contributed by atoms with Crippen LogP contribution in [-0.4, -0.2) is 38.5 Å². The maximum absolute atomic E-state index is 12.8. The van der Waals surface area contributed by atoms with Gasteiger partial charge in [-0.1, -0.05) is 24.6 Å². The smallest absolute Gasteiger partial charge is 0.222 e. The van der Waals surface area contributed by atoms with Crippen LogP contribution >= 0.6 is 0 Å². The van der Waals surface area contributed by atoms with Gasteiger partial charge in [0.1, 0.15) is 5.03 Å². The van der Waals surface area contributed by atoms with Gasteiger partial charge in [-0.05, 0) is 37.0 Å². The van der Waals surface area contributed by atoms with Gasteiger partial charge in [0.2, 0.25) is 9.84 Å².